The van der Waals surface area contributed by atoms with Crippen LogP contribution < -0.4 is 5.32 Å². The maximum atomic E-state index is 12.6. The Kier molecular flexibility index (Phi) is 5.46. The smallest absolute Gasteiger partial charge is 0.252 e. The van der Waals surface area contributed by atoms with Crippen molar-refractivity contribution in [2.75, 3.05) is 18.5 Å². The van der Waals surface area contributed by atoms with Crippen LogP contribution in [0.3, 0.4) is 0 Å². The number of hydrogen-bond acceptors (Lipinski definition) is 3. The molecule has 1 atom stereocenters. The highest BCUT2D eigenvalue weighted by Gasteiger charge is 2.31. The van der Waals surface area contributed by atoms with E-state index < -0.39 is 6.10 Å². The molecule has 0 unspecified atom stereocenters. The fourth-order valence-corrected chi connectivity index (χ4v) is 2.88. The highest BCUT2D eigenvalue weighted by atomic mass is 16.5. The fourth-order valence-electron chi connectivity index (χ4n) is 2.88. The molecule has 5 heteroatoms. The van der Waals surface area contributed by atoms with E-state index in [4.69, 9.17) is 4.74 Å². The number of carbonyl (C=O) groups excluding carboxylic acids is 2. The van der Waals surface area contributed by atoms with Crippen LogP contribution in [-0.4, -0.2) is 36.0 Å². The van der Waals surface area contributed by atoms with Crippen molar-refractivity contribution in [3.63, 3.8) is 0 Å². The third-order valence-electron chi connectivity index (χ3n) is 4.27. The van der Waals surface area contributed by atoms with Crippen LogP contribution in [0, 0.1) is 6.92 Å². The van der Waals surface area contributed by atoms with Crippen molar-refractivity contribution in [1.82, 2.24) is 4.90 Å². The van der Waals surface area contributed by atoms with Gasteiger partial charge in [0.1, 0.15) is 6.10 Å². The van der Waals surface area contributed by atoms with E-state index in [0.29, 0.717) is 19.7 Å². The van der Waals surface area contributed by atoms with Crippen LogP contribution in [0.15, 0.2) is 54.6 Å². The van der Waals surface area contributed by atoms with Gasteiger partial charge in [0.05, 0.1) is 13.0 Å². The summed E-state index contributed by atoms with van der Waals surface area (Å²) in [4.78, 5) is 26.6. The quantitative estimate of drug-likeness (QED) is 0.912. The third kappa shape index (κ3) is 4.45. The van der Waals surface area contributed by atoms with Crippen LogP contribution in [0.2, 0.25) is 0 Å². The number of nitrogens with one attached hydrogen (secondary N) is 1. The Morgan fingerprint density at radius 3 is 2.64 bits per heavy atom. The molecule has 0 radical (unpaired) electrons. The highest BCUT2D eigenvalue weighted by molar-refractivity contribution is 5.95. The Labute approximate surface area is 147 Å². The van der Waals surface area contributed by atoms with Gasteiger partial charge in [0, 0.05) is 18.8 Å². The number of morpholine rings is 1. The van der Waals surface area contributed by atoms with Gasteiger partial charge in [-0.25, -0.2) is 0 Å². The van der Waals surface area contributed by atoms with E-state index >= 15 is 0 Å². The number of anilines is 1. The number of para-hydroxylation sites is 1. The van der Waals surface area contributed by atoms with Crippen LogP contribution >= 0.6 is 0 Å². The molecule has 1 heterocycles. The fraction of sp³-hybridized carbons (Fsp3) is 0.300. The Morgan fingerprint density at radius 2 is 1.88 bits per heavy atom. The van der Waals surface area contributed by atoms with E-state index in [1.165, 1.54) is 0 Å². The first-order valence-corrected chi connectivity index (χ1v) is 8.43. The summed E-state index contributed by atoms with van der Waals surface area (Å²) in [5, 5.41) is 2.85. The standard InChI is InChI=1S/C20H22N2O3/c1-15-7-5-6-10-17(15)21-19(23)13-18-20(24)22(11-12-25-18)14-16-8-3-2-4-9-16/h2-10,18H,11-14H2,1H3,(H,21,23)/t18-/m1/s1. The minimum atomic E-state index is -0.721. The first-order valence-electron chi connectivity index (χ1n) is 8.43. The minimum Gasteiger partial charge on any atom is -0.366 e. The van der Waals surface area contributed by atoms with E-state index in [2.05, 4.69) is 5.32 Å². The molecule has 2 amide bonds. The zero-order valence-electron chi connectivity index (χ0n) is 14.3. The van der Waals surface area contributed by atoms with Crippen molar-refractivity contribution in [2.24, 2.45) is 0 Å². The molecule has 0 spiro atoms. The first kappa shape index (κ1) is 17.2. The number of nitrogens with zero attached hydrogens (tertiary/aromatic N) is 1. The number of amides is 2. The summed E-state index contributed by atoms with van der Waals surface area (Å²) in [6, 6.07) is 17.4. The number of aryl methyl sites for hydroxylation is 1. The van der Waals surface area contributed by atoms with E-state index in [1.807, 2.05) is 61.5 Å². The minimum absolute atomic E-state index is 0.0262. The summed E-state index contributed by atoms with van der Waals surface area (Å²) < 4.78 is 5.54. The molecular weight excluding hydrogens is 316 g/mol. The van der Waals surface area contributed by atoms with Crippen molar-refractivity contribution in [3.05, 3.63) is 65.7 Å². The van der Waals surface area contributed by atoms with Gasteiger partial charge in [0.15, 0.2) is 0 Å². The molecule has 1 fully saturated rings. The molecule has 2 aromatic rings. The normalized spacial score (nSPS) is 17.4. The van der Waals surface area contributed by atoms with Gasteiger partial charge in [0.2, 0.25) is 5.91 Å². The van der Waals surface area contributed by atoms with Crippen LogP contribution in [0.4, 0.5) is 5.69 Å². The molecule has 1 saturated heterocycles. The monoisotopic (exact) mass is 338 g/mol. The molecule has 1 N–H and O–H groups in total. The molecule has 0 aromatic heterocycles. The second kappa shape index (κ2) is 7.94. The highest BCUT2D eigenvalue weighted by Crippen LogP contribution is 2.17. The maximum Gasteiger partial charge on any atom is 0.252 e. The van der Waals surface area contributed by atoms with E-state index in [-0.39, 0.29) is 18.2 Å². The molecular formula is C20H22N2O3. The zero-order chi connectivity index (χ0) is 17.6. The lowest BCUT2D eigenvalue weighted by molar-refractivity contribution is -0.155. The van der Waals surface area contributed by atoms with Gasteiger partial charge in [-0.15, -0.1) is 0 Å². The van der Waals surface area contributed by atoms with E-state index in [1.54, 1.807) is 4.90 Å². The molecule has 3 rings (SSSR count). The van der Waals surface area contributed by atoms with Gasteiger partial charge in [-0.3, -0.25) is 9.59 Å². The van der Waals surface area contributed by atoms with Crippen LogP contribution in [0.25, 0.3) is 0 Å². The van der Waals surface area contributed by atoms with Gasteiger partial charge in [-0.2, -0.15) is 0 Å². The second-order valence-electron chi connectivity index (χ2n) is 6.17. The van der Waals surface area contributed by atoms with E-state index in [0.717, 1.165) is 16.8 Å². The molecule has 0 aliphatic carbocycles. The molecule has 130 valence electrons. The summed E-state index contributed by atoms with van der Waals surface area (Å²) in [7, 11) is 0. The van der Waals surface area contributed by atoms with Gasteiger partial charge in [-0.05, 0) is 24.1 Å². The van der Waals surface area contributed by atoms with Gasteiger partial charge >= 0.3 is 0 Å². The summed E-state index contributed by atoms with van der Waals surface area (Å²) in [5.41, 5.74) is 2.82. The van der Waals surface area contributed by atoms with Crippen molar-refractivity contribution in [3.8, 4) is 0 Å². The predicted octanol–water partition coefficient (Wildman–Crippen LogP) is 2.75. The SMILES string of the molecule is Cc1ccccc1NC(=O)C[C@H]1OCCN(Cc2ccccc2)C1=O. The number of rotatable bonds is 5. The lowest BCUT2D eigenvalue weighted by atomic mass is 10.1. The lowest BCUT2D eigenvalue weighted by Gasteiger charge is -2.32. The molecule has 1 aliphatic heterocycles. The molecule has 5 nitrogen and oxygen atoms in total. The van der Waals surface area contributed by atoms with E-state index in [9.17, 15) is 9.59 Å². The van der Waals surface area contributed by atoms with Crippen LogP contribution in [0.1, 0.15) is 17.5 Å². The van der Waals surface area contributed by atoms with Crippen molar-refractivity contribution >= 4 is 17.5 Å². The number of carbonyl (C=O) groups is 2. The van der Waals surface area contributed by atoms with Crippen LogP contribution in [-0.2, 0) is 20.9 Å². The summed E-state index contributed by atoms with van der Waals surface area (Å²) in [6.45, 7) is 3.46. The largest absolute Gasteiger partial charge is 0.366 e. The molecule has 0 saturated carbocycles. The number of hydrogen-bond donors (Lipinski definition) is 1. The van der Waals surface area contributed by atoms with Gasteiger partial charge in [-0.1, -0.05) is 48.5 Å². The van der Waals surface area contributed by atoms with Crippen LogP contribution in [0.5, 0.6) is 0 Å². The second-order valence-corrected chi connectivity index (χ2v) is 6.17. The number of ether oxygens (including phenoxy) is 1. The van der Waals surface area contributed by atoms with Crippen molar-refractivity contribution in [2.45, 2.75) is 26.0 Å². The Morgan fingerprint density at radius 1 is 1.16 bits per heavy atom. The molecule has 1 aliphatic rings. The zero-order valence-corrected chi connectivity index (χ0v) is 14.3. The van der Waals surface area contributed by atoms with Gasteiger partial charge < -0.3 is 15.0 Å². The summed E-state index contributed by atoms with van der Waals surface area (Å²) in [6.07, 6.45) is -0.695. The predicted molar refractivity (Wildman–Crippen MR) is 96.0 cm³/mol. The Bertz CT molecular complexity index is 746. The van der Waals surface area contributed by atoms with Crippen molar-refractivity contribution in [1.29, 1.82) is 0 Å². The lowest BCUT2D eigenvalue weighted by Crippen LogP contribution is -2.48. The Hall–Kier alpha value is -2.66. The average Bonchev–Trinajstić information content (AvgIpc) is 2.61. The third-order valence-corrected chi connectivity index (χ3v) is 4.27. The summed E-state index contributed by atoms with van der Waals surface area (Å²) >= 11 is 0. The Balaban J connectivity index is 1.59. The molecule has 2 aromatic carbocycles. The first-order chi connectivity index (χ1) is 12.1. The molecule has 0 bridgehead atoms. The average molecular weight is 338 g/mol. The number of benzene rings is 2. The van der Waals surface area contributed by atoms with Crippen molar-refractivity contribution < 1.29 is 14.3 Å². The maximum absolute atomic E-state index is 12.6. The van der Waals surface area contributed by atoms with Gasteiger partial charge in [0.25, 0.3) is 5.91 Å². The topological polar surface area (TPSA) is 58.6 Å². The molecule has 25 heavy (non-hydrogen) atoms. The summed E-state index contributed by atoms with van der Waals surface area (Å²) in [5.74, 6) is -0.343.